The second kappa shape index (κ2) is 31.4. The lowest BCUT2D eigenvalue weighted by Crippen LogP contribution is -2.25. The van der Waals surface area contributed by atoms with E-state index in [-0.39, 0.29) is 37.4 Å². The minimum absolute atomic E-state index is 0.138. The van der Waals surface area contributed by atoms with Gasteiger partial charge < -0.3 is 19.3 Å². The second-order valence-electron chi connectivity index (χ2n) is 13.9. The lowest BCUT2D eigenvalue weighted by molar-refractivity contribution is -0.152. The van der Waals surface area contributed by atoms with Gasteiger partial charge in [-0.25, -0.2) is 0 Å². The quantitative estimate of drug-likeness (QED) is 0.0326. The highest BCUT2D eigenvalue weighted by Gasteiger charge is 2.36. The summed E-state index contributed by atoms with van der Waals surface area (Å²) in [5.74, 6) is 0.200. The molecule has 0 bridgehead atoms. The van der Waals surface area contributed by atoms with Crippen LogP contribution in [0.15, 0.2) is 36.5 Å². The molecule has 1 fully saturated rings. The molecule has 0 radical (unpaired) electrons. The summed E-state index contributed by atoms with van der Waals surface area (Å²) in [4.78, 5) is 24.0. The first-order valence-electron chi connectivity index (χ1n) is 19.5. The van der Waals surface area contributed by atoms with Crippen LogP contribution >= 0.6 is 0 Å². The average Bonchev–Trinajstić information content (AvgIpc) is 3.81. The van der Waals surface area contributed by atoms with Crippen LogP contribution < -0.4 is 0 Å². The Kier molecular flexibility index (Phi) is 28.8. The van der Waals surface area contributed by atoms with Crippen molar-refractivity contribution in [2.75, 3.05) is 13.2 Å². The van der Waals surface area contributed by atoms with Crippen LogP contribution in [-0.2, 0) is 23.8 Å². The maximum absolute atomic E-state index is 12.0. The summed E-state index contributed by atoms with van der Waals surface area (Å²) in [6.07, 6.45) is 39.3. The summed E-state index contributed by atoms with van der Waals surface area (Å²) in [6, 6.07) is 0. The Morgan fingerprint density at radius 2 is 1.15 bits per heavy atom. The first-order valence-corrected chi connectivity index (χ1v) is 19.5. The fourth-order valence-electron chi connectivity index (χ4n) is 5.65. The second-order valence-corrected chi connectivity index (χ2v) is 13.9. The van der Waals surface area contributed by atoms with Gasteiger partial charge in [0.2, 0.25) is 0 Å². The highest BCUT2D eigenvalue weighted by molar-refractivity contribution is 5.69. The molecule has 6 heteroatoms. The minimum atomic E-state index is -0.993. The number of epoxide rings is 1. The molecule has 47 heavy (non-hydrogen) atoms. The average molecular weight is 661 g/mol. The van der Waals surface area contributed by atoms with Gasteiger partial charge in [0.25, 0.3) is 0 Å². The Morgan fingerprint density at radius 3 is 1.72 bits per heavy atom. The third-order valence-corrected chi connectivity index (χ3v) is 8.73. The van der Waals surface area contributed by atoms with Crippen LogP contribution in [0.5, 0.6) is 0 Å². The van der Waals surface area contributed by atoms with Gasteiger partial charge in [-0.3, -0.25) is 9.59 Å². The first kappa shape index (κ1) is 43.1. The topological polar surface area (TPSA) is 85.4 Å². The van der Waals surface area contributed by atoms with E-state index in [1.165, 1.54) is 89.9 Å². The van der Waals surface area contributed by atoms with E-state index in [1.54, 1.807) is 0 Å². The third kappa shape index (κ3) is 29.9. The normalized spacial score (nSPS) is 17.0. The van der Waals surface area contributed by atoms with Crippen molar-refractivity contribution >= 4 is 11.9 Å². The Labute approximate surface area is 289 Å². The van der Waals surface area contributed by atoms with Gasteiger partial charge in [0.05, 0.1) is 12.2 Å². The molecule has 1 aliphatic heterocycles. The van der Waals surface area contributed by atoms with Gasteiger partial charge in [0.15, 0.2) is 0 Å². The van der Waals surface area contributed by atoms with Gasteiger partial charge in [-0.05, 0) is 57.3 Å². The zero-order valence-electron chi connectivity index (χ0n) is 30.6. The molecule has 0 amide bonds. The van der Waals surface area contributed by atoms with E-state index < -0.39 is 6.10 Å². The number of allylic oxidation sites excluding steroid dienone is 5. The molecule has 3 atom stereocenters. The van der Waals surface area contributed by atoms with Gasteiger partial charge in [-0.15, -0.1) is 0 Å². The Hall–Kier alpha value is -1.92. The highest BCUT2D eigenvalue weighted by atomic mass is 16.6. The summed E-state index contributed by atoms with van der Waals surface area (Å²) in [5, 5.41) is 10.0. The van der Waals surface area contributed by atoms with Gasteiger partial charge in [0, 0.05) is 12.8 Å². The van der Waals surface area contributed by atoms with E-state index >= 15 is 0 Å². The Balaban J connectivity index is 1.87. The van der Waals surface area contributed by atoms with Crippen molar-refractivity contribution in [2.45, 2.75) is 193 Å². The number of aliphatic hydroxyl groups excluding tert-OH is 1. The van der Waals surface area contributed by atoms with Crippen LogP contribution in [0.1, 0.15) is 175 Å². The molecule has 1 rings (SSSR count). The summed E-state index contributed by atoms with van der Waals surface area (Å²) in [7, 11) is 0. The molecular formula is C41H72O6. The van der Waals surface area contributed by atoms with Gasteiger partial charge in [0.1, 0.15) is 19.3 Å². The van der Waals surface area contributed by atoms with Crippen molar-refractivity contribution in [2.24, 2.45) is 5.92 Å². The van der Waals surface area contributed by atoms with E-state index in [0.717, 1.165) is 50.9 Å². The molecule has 0 aliphatic carbocycles. The van der Waals surface area contributed by atoms with Crippen LogP contribution in [0.3, 0.4) is 0 Å². The molecule has 6 nitrogen and oxygen atoms in total. The standard InChI is InChI=1S/C41H72O6/c1-4-5-6-7-8-9-10-14-17-20-23-26-30-38-39(47-38)31-28-33-41(44)46-35-37(42)34-45-40(43)32-27-24-21-18-15-12-11-13-16-19-22-25-29-36(2)3/h8-9,14,17,23,26,36-39,42H,4-7,10-13,15-16,18-22,24-25,27-35H2,1-3H3/b9-8-,17-14-,26-23-/t37-,38?,39?/m0/s1. The van der Waals surface area contributed by atoms with Crippen LogP contribution in [0.25, 0.3) is 0 Å². The maximum Gasteiger partial charge on any atom is 0.305 e. The van der Waals surface area contributed by atoms with E-state index in [0.29, 0.717) is 19.3 Å². The monoisotopic (exact) mass is 661 g/mol. The fourth-order valence-corrected chi connectivity index (χ4v) is 5.65. The number of carbonyl (C=O) groups excluding carboxylic acids is 2. The summed E-state index contributed by atoms with van der Waals surface area (Å²) in [5.41, 5.74) is 0. The molecule has 272 valence electrons. The van der Waals surface area contributed by atoms with Crippen molar-refractivity contribution in [1.82, 2.24) is 0 Å². The predicted octanol–water partition coefficient (Wildman–Crippen LogP) is 10.9. The molecule has 2 unspecified atom stereocenters. The lowest BCUT2D eigenvalue weighted by atomic mass is 10.0. The number of aliphatic hydroxyl groups is 1. The molecular weight excluding hydrogens is 588 g/mol. The minimum Gasteiger partial charge on any atom is -0.463 e. The zero-order chi connectivity index (χ0) is 34.2. The van der Waals surface area contributed by atoms with E-state index in [1.807, 2.05) is 0 Å². The van der Waals surface area contributed by atoms with Gasteiger partial charge >= 0.3 is 11.9 Å². The van der Waals surface area contributed by atoms with Crippen molar-refractivity contribution in [3.63, 3.8) is 0 Å². The number of hydrogen-bond donors (Lipinski definition) is 1. The van der Waals surface area contributed by atoms with Crippen LogP contribution in [0.4, 0.5) is 0 Å². The van der Waals surface area contributed by atoms with Crippen molar-refractivity contribution in [3.05, 3.63) is 36.5 Å². The van der Waals surface area contributed by atoms with E-state index in [9.17, 15) is 14.7 Å². The van der Waals surface area contributed by atoms with Crippen molar-refractivity contribution in [3.8, 4) is 0 Å². The van der Waals surface area contributed by atoms with Crippen LogP contribution in [-0.4, -0.2) is 48.6 Å². The Morgan fingerprint density at radius 1 is 0.638 bits per heavy atom. The summed E-state index contributed by atoms with van der Waals surface area (Å²) in [6.45, 7) is 6.55. The molecule has 0 spiro atoms. The largest absolute Gasteiger partial charge is 0.463 e. The first-order chi connectivity index (χ1) is 22.9. The number of hydrogen-bond acceptors (Lipinski definition) is 6. The molecule has 1 saturated heterocycles. The van der Waals surface area contributed by atoms with E-state index in [4.69, 9.17) is 14.2 Å². The van der Waals surface area contributed by atoms with E-state index in [2.05, 4.69) is 57.2 Å². The molecule has 0 aromatic heterocycles. The molecule has 1 N–H and O–H groups in total. The number of esters is 2. The van der Waals surface area contributed by atoms with Crippen LogP contribution in [0.2, 0.25) is 0 Å². The highest BCUT2D eigenvalue weighted by Crippen LogP contribution is 2.30. The molecule has 0 saturated carbocycles. The van der Waals surface area contributed by atoms with Crippen molar-refractivity contribution < 1.29 is 28.9 Å². The molecule has 0 aromatic rings. The number of rotatable bonds is 33. The zero-order valence-corrected chi connectivity index (χ0v) is 30.6. The fraction of sp³-hybridized carbons (Fsp3) is 0.805. The lowest BCUT2D eigenvalue weighted by Gasteiger charge is -2.12. The molecule has 1 heterocycles. The number of ether oxygens (including phenoxy) is 3. The summed E-state index contributed by atoms with van der Waals surface area (Å²) >= 11 is 0. The molecule has 1 aliphatic rings. The number of carbonyl (C=O) groups is 2. The smallest absolute Gasteiger partial charge is 0.305 e. The van der Waals surface area contributed by atoms with Gasteiger partial charge in [-0.2, -0.15) is 0 Å². The van der Waals surface area contributed by atoms with Gasteiger partial charge in [-0.1, -0.05) is 147 Å². The Bertz CT molecular complexity index is 832. The summed E-state index contributed by atoms with van der Waals surface area (Å²) < 4.78 is 16.0. The SMILES string of the molecule is CCCCC/C=C\C/C=C\C/C=C\CC1OC1CCCC(=O)OC[C@@H](O)COC(=O)CCCCCCCCCCCCCCC(C)C. The molecule has 0 aromatic carbocycles. The third-order valence-electron chi connectivity index (χ3n) is 8.73. The predicted molar refractivity (Wildman–Crippen MR) is 195 cm³/mol. The van der Waals surface area contributed by atoms with Crippen LogP contribution in [0, 0.1) is 5.92 Å². The maximum atomic E-state index is 12.0. The van der Waals surface area contributed by atoms with Crippen molar-refractivity contribution in [1.29, 1.82) is 0 Å². The number of unbranched alkanes of at least 4 members (excludes halogenated alkanes) is 14.